The van der Waals surface area contributed by atoms with Crippen LogP contribution in [0.15, 0.2) is 18.3 Å². The second-order valence-electron chi connectivity index (χ2n) is 3.66. The zero-order chi connectivity index (χ0) is 9.26. The van der Waals surface area contributed by atoms with Crippen LogP contribution in [-0.2, 0) is 0 Å². The molecule has 13 heavy (non-hydrogen) atoms. The van der Waals surface area contributed by atoms with Crippen molar-refractivity contribution in [2.24, 2.45) is 11.7 Å². The maximum Gasteiger partial charge on any atom is 0.146 e. The summed E-state index contributed by atoms with van der Waals surface area (Å²) >= 11 is 0. The van der Waals surface area contributed by atoms with Gasteiger partial charge in [0.05, 0.1) is 11.7 Å². The first-order chi connectivity index (χ1) is 6.27. The summed E-state index contributed by atoms with van der Waals surface area (Å²) in [5.41, 5.74) is 6.25. The lowest BCUT2D eigenvalue weighted by Gasteiger charge is -2.10. The zero-order valence-electron chi connectivity index (χ0n) is 7.41. The molecule has 1 aliphatic rings. The van der Waals surface area contributed by atoms with Crippen molar-refractivity contribution < 1.29 is 4.39 Å². The summed E-state index contributed by atoms with van der Waals surface area (Å²) in [5, 5.41) is 0. The van der Waals surface area contributed by atoms with Crippen LogP contribution in [0, 0.1) is 11.7 Å². The van der Waals surface area contributed by atoms with Crippen LogP contribution in [-0.4, -0.2) is 4.98 Å². The fourth-order valence-corrected chi connectivity index (χ4v) is 1.50. The molecule has 1 heterocycles. The Morgan fingerprint density at radius 1 is 1.62 bits per heavy atom. The van der Waals surface area contributed by atoms with Gasteiger partial charge in [-0.3, -0.25) is 4.98 Å². The summed E-state index contributed by atoms with van der Waals surface area (Å²) in [6.07, 6.45) is 4.93. The van der Waals surface area contributed by atoms with Gasteiger partial charge in [-0.05, 0) is 24.5 Å². The van der Waals surface area contributed by atoms with Gasteiger partial charge in [0, 0.05) is 6.20 Å². The number of rotatable bonds is 3. The maximum absolute atomic E-state index is 13.2. The van der Waals surface area contributed by atoms with Gasteiger partial charge >= 0.3 is 0 Å². The van der Waals surface area contributed by atoms with E-state index in [1.807, 2.05) is 0 Å². The Labute approximate surface area is 77.0 Å². The first kappa shape index (κ1) is 8.63. The van der Waals surface area contributed by atoms with E-state index in [0.717, 1.165) is 6.42 Å². The molecule has 0 unspecified atom stereocenters. The highest BCUT2D eigenvalue weighted by Crippen LogP contribution is 2.36. The van der Waals surface area contributed by atoms with Crippen molar-refractivity contribution in [3.05, 3.63) is 29.8 Å². The summed E-state index contributed by atoms with van der Waals surface area (Å²) in [6, 6.07) is 2.77. The second-order valence-corrected chi connectivity index (χ2v) is 3.66. The fraction of sp³-hybridized carbons (Fsp3) is 0.500. The van der Waals surface area contributed by atoms with E-state index in [2.05, 4.69) is 4.98 Å². The van der Waals surface area contributed by atoms with Crippen molar-refractivity contribution in [2.75, 3.05) is 0 Å². The quantitative estimate of drug-likeness (QED) is 0.772. The normalized spacial score (nSPS) is 18.6. The summed E-state index contributed by atoms with van der Waals surface area (Å²) in [6.45, 7) is 0. The number of aromatic nitrogens is 1. The number of nitrogens with zero attached hydrogens (tertiary/aromatic N) is 1. The van der Waals surface area contributed by atoms with Gasteiger partial charge in [-0.2, -0.15) is 0 Å². The van der Waals surface area contributed by atoms with Gasteiger partial charge in [0.2, 0.25) is 0 Å². The Balaban J connectivity index is 2.09. The molecule has 1 saturated carbocycles. The number of halogens is 1. The Kier molecular flexibility index (Phi) is 2.27. The second kappa shape index (κ2) is 3.42. The highest BCUT2D eigenvalue weighted by atomic mass is 19.1. The molecule has 0 bridgehead atoms. The summed E-state index contributed by atoms with van der Waals surface area (Å²) in [4.78, 5) is 3.96. The van der Waals surface area contributed by atoms with Crippen LogP contribution in [0.25, 0.3) is 0 Å². The molecule has 1 aliphatic carbocycles. The van der Waals surface area contributed by atoms with E-state index in [-0.39, 0.29) is 11.9 Å². The van der Waals surface area contributed by atoms with Crippen molar-refractivity contribution in [3.8, 4) is 0 Å². The van der Waals surface area contributed by atoms with Gasteiger partial charge in [-0.1, -0.05) is 12.8 Å². The molecule has 1 atom stereocenters. The summed E-state index contributed by atoms with van der Waals surface area (Å²) in [7, 11) is 0. The third-order valence-electron chi connectivity index (χ3n) is 2.42. The molecule has 0 amide bonds. The first-order valence-corrected chi connectivity index (χ1v) is 4.63. The standard InChI is InChI=1S/C10H13FN2/c11-8-2-1-5-13-10(8)9(12)6-7-3-4-7/h1-2,5,7,9H,3-4,6,12H2/t9-/m0/s1. The highest BCUT2D eigenvalue weighted by molar-refractivity contribution is 5.11. The molecule has 1 aromatic rings. The molecule has 0 radical (unpaired) electrons. The van der Waals surface area contributed by atoms with Gasteiger partial charge in [0.1, 0.15) is 5.82 Å². The molecule has 2 rings (SSSR count). The number of pyridine rings is 1. The van der Waals surface area contributed by atoms with E-state index in [1.165, 1.54) is 18.9 Å². The van der Waals surface area contributed by atoms with E-state index in [9.17, 15) is 4.39 Å². The lowest BCUT2D eigenvalue weighted by atomic mass is 10.1. The minimum atomic E-state index is -0.282. The Hall–Kier alpha value is -0.960. The third kappa shape index (κ3) is 2.04. The van der Waals surface area contributed by atoms with E-state index in [0.29, 0.717) is 11.6 Å². The minimum Gasteiger partial charge on any atom is -0.323 e. The molecular weight excluding hydrogens is 167 g/mol. The van der Waals surface area contributed by atoms with Gasteiger partial charge in [0.25, 0.3) is 0 Å². The summed E-state index contributed by atoms with van der Waals surface area (Å²) in [5.74, 6) is 0.423. The summed E-state index contributed by atoms with van der Waals surface area (Å²) < 4.78 is 13.2. The molecule has 70 valence electrons. The molecule has 2 N–H and O–H groups in total. The number of hydrogen-bond donors (Lipinski definition) is 1. The van der Waals surface area contributed by atoms with Crippen molar-refractivity contribution >= 4 is 0 Å². The first-order valence-electron chi connectivity index (χ1n) is 4.63. The predicted molar refractivity (Wildman–Crippen MR) is 48.5 cm³/mol. The maximum atomic E-state index is 13.2. The van der Waals surface area contributed by atoms with Gasteiger partial charge in [0.15, 0.2) is 0 Å². The van der Waals surface area contributed by atoms with E-state index < -0.39 is 0 Å². The molecule has 0 aromatic carbocycles. The zero-order valence-corrected chi connectivity index (χ0v) is 7.41. The lowest BCUT2D eigenvalue weighted by molar-refractivity contribution is 0.527. The smallest absolute Gasteiger partial charge is 0.146 e. The largest absolute Gasteiger partial charge is 0.323 e. The molecule has 0 spiro atoms. The van der Waals surface area contributed by atoms with Crippen LogP contribution in [0.1, 0.15) is 31.0 Å². The topological polar surface area (TPSA) is 38.9 Å². The van der Waals surface area contributed by atoms with Crippen LogP contribution in [0.2, 0.25) is 0 Å². The lowest BCUT2D eigenvalue weighted by Crippen LogP contribution is -2.14. The highest BCUT2D eigenvalue weighted by Gasteiger charge is 2.26. The van der Waals surface area contributed by atoms with Crippen molar-refractivity contribution in [2.45, 2.75) is 25.3 Å². The molecule has 0 aliphatic heterocycles. The monoisotopic (exact) mass is 180 g/mol. The molecular formula is C10H13FN2. The van der Waals surface area contributed by atoms with Crippen LogP contribution < -0.4 is 5.73 Å². The van der Waals surface area contributed by atoms with Gasteiger partial charge in [-0.15, -0.1) is 0 Å². The molecule has 2 nitrogen and oxygen atoms in total. The van der Waals surface area contributed by atoms with E-state index in [1.54, 1.807) is 12.3 Å². The van der Waals surface area contributed by atoms with Gasteiger partial charge < -0.3 is 5.73 Å². The average molecular weight is 180 g/mol. The van der Waals surface area contributed by atoms with E-state index in [4.69, 9.17) is 5.73 Å². The van der Waals surface area contributed by atoms with Gasteiger partial charge in [-0.25, -0.2) is 4.39 Å². The average Bonchev–Trinajstić information content (AvgIpc) is 2.89. The minimum absolute atomic E-state index is 0.228. The van der Waals surface area contributed by atoms with Crippen LogP contribution in [0.4, 0.5) is 4.39 Å². The van der Waals surface area contributed by atoms with Crippen LogP contribution in [0.3, 0.4) is 0 Å². The molecule has 0 saturated heterocycles. The van der Waals surface area contributed by atoms with Crippen molar-refractivity contribution in [1.82, 2.24) is 4.98 Å². The SMILES string of the molecule is N[C@@H](CC1CC1)c1ncccc1F. The Morgan fingerprint density at radius 2 is 2.38 bits per heavy atom. The van der Waals surface area contributed by atoms with Crippen LogP contribution in [0.5, 0.6) is 0 Å². The predicted octanol–water partition coefficient (Wildman–Crippen LogP) is 2.02. The Morgan fingerprint density at radius 3 is 3.00 bits per heavy atom. The number of hydrogen-bond acceptors (Lipinski definition) is 2. The van der Waals surface area contributed by atoms with Crippen LogP contribution >= 0.6 is 0 Å². The van der Waals surface area contributed by atoms with Crippen molar-refractivity contribution in [3.63, 3.8) is 0 Å². The molecule has 3 heteroatoms. The Bertz CT molecular complexity index is 297. The molecule has 1 fully saturated rings. The fourth-order valence-electron chi connectivity index (χ4n) is 1.50. The van der Waals surface area contributed by atoms with E-state index >= 15 is 0 Å². The third-order valence-corrected chi connectivity index (χ3v) is 2.42. The van der Waals surface area contributed by atoms with Crippen molar-refractivity contribution in [1.29, 1.82) is 0 Å². The molecule has 1 aromatic heterocycles. The number of nitrogens with two attached hydrogens (primary N) is 1.